The standard InChI is InChI=1S/C29H27FN3O/c1-4-31-23-15-19-11-7-8-12-20(19)16-24(23)32(5-2)28(31)27(30)29-33(6-3)25-17-21-13-9-10-14-22(21)18-26(25)34-29/h7-18H,4-6H2,1-3H3/q+1. The fourth-order valence-corrected chi connectivity index (χ4v) is 5.24. The van der Waals surface area contributed by atoms with Gasteiger partial charge in [-0.05, 0) is 60.5 Å². The highest BCUT2D eigenvalue weighted by atomic mass is 19.1. The SMILES string of the molecule is CCN1C(=C(F)c2oc3cc4ccccc4cc3[n+]2CC)N(CC)c2cc3ccccc3cc21. The lowest BCUT2D eigenvalue weighted by Crippen LogP contribution is -2.36. The van der Waals surface area contributed by atoms with Crippen molar-refractivity contribution in [2.24, 2.45) is 0 Å². The zero-order chi connectivity index (χ0) is 23.4. The van der Waals surface area contributed by atoms with E-state index in [2.05, 4.69) is 66.1 Å². The molecule has 0 radical (unpaired) electrons. The van der Waals surface area contributed by atoms with Gasteiger partial charge in [-0.2, -0.15) is 8.96 Å². The van der Waals surface area contributed by atoms with Gasteiger partial charge in [-0.3, -0.25) is 0 Å². The van der Waals surface area contributed by atoms with Gasteiger partial charge < -0.3 is 14.2 Å². The van der Waals surface area contributed by atoms with Crippen LogP contribution >= 0.6 is 0 Å². The molecule has 6 rings (SSSR count). The molecule has 0 saturated heterocycles. The molecule has 0 spiro atoms. The van der Waals surface area contributed by atoms with Gasteiger partial charge >= 0.3 is 5.89 Å². The highest BCUT2D eigenvalue weighted by molar-refractivity contribution is 5.98. The van der Waals surface area contributed by atoms with Gasteiger partial charge in [0.1, 0.15) is 6.54 Å². The molecule has 1 aromatic heterocycles. The van der Waals surface area contributed by atoms with Crippen molar-refractivity contribution in [2.75, 3.05) is 22.9 Å². The maximum atomic E-state index is 16.5. The molecule has 0 aliphatic carbocycles. The summed E-state index contributed by atoms with van der Waals surface area (Å²) in [4.78, 5) is 4.12. The number of hydrogen-bond donors (Lipinski definition) is 0. The molecule has 0 amide bonds. The van der Waals surface area contributed by atoms with E-state index < -0.39 is 0 Å². The van der Waals surface area contributed by atoms with Crippen LogP contribution in [0.15, 0.2) is 83.0 Å². The Balaban J connectivity index is 1.60. The molecule has 0 fully saturated rings. The number of oxazole rings is 1. The maximum Gasteiger partial charge on any atom is 0.415 e. The van der Waals surface area contributed by atoms with Crippen molar-refractivity contribution >= 4 is 49.8 Å². The van der Waals surface area contributed by atoms with E-state index in [4.69, 9.17) is 4.42 Å². The van der Waals surface area contributed by atoms with E-state index >= 15 is 4.39 Å². The second-order valence-electron chi connectivity index (χ2n) is 8.63. The molecular weight excluding hydrogens is 425 g/mol. The summed E-state index contributed by atoms with van der Waals surface area (Å²) in [6, 6.07) is 24.9. The van der Waals surface area contributed by atoms with E-state index in [1.54, 1.807) is 0 Å². The number of halogens is 1. The predicted octanol–water partition coefficient (Wildman–Crippen LogP) is 7.01. The smallest absolute Gasteiger partial charge is 0.396 e. The predicted molar refractivity (Wildman–Crippen MR) is 138 cm³/mol. The Labute approximate surface area is 198 Å². The van der Waals surface area contributed by atoms with Gasteiger partial charge in [-0.15, -0.1) is 0 Å². The topological polar surface area (TPSA) is 23.5 Å². The largest absolute Gasteiger partial charge is 0.415 e. The number of nitrogens with zero attached hydrogens (tertiary/aromatic N) is 3. The number of aryl methyl sites for hydroxylation is 1. The minimum absolute atomic E-state index is 0.261. The van der Waals surface area contributed by atoms with Gasteiger partial charge in [0, 0.05) is 19.2 Å². The van der Waals surface area contributed by atoms with E-state index in [0.29, 0.717) is 31.0 Å². The van der Waals surface area contributed by atoms with Crippen LogP contribution in [0, 0.1) is 0 Å². The Morgan fingerprint density at radius 3 is 1.76 bits per heavy atom. The Hall–Kier alpha value is -3.86. The highest BCUT2D eigenvalue weighted by Crippen LogP contribution is 2.46. The van der Waals surface area contributed by atoms with E-state index in [1.807, 2.05) is 41.8 Å². The van der Waals surface area contributed by atoms with Crippen molar-refractivity contribution in [3.63, 3.8) is 0 Å². The summed E-state index contributed by atoms with van der Waals surface area (Å²) in [7, 11) is 0. The number of anilines is 2. The third-order valence-corrected chi connectivity index (χ3v) is 6.84. The molecule has 0 saturated carbocycles. The van der Waals surface area contributed by atoms with E-state index in [1.165, 1.54) is 0 Å². The molecule has 170 valence electrons. The van der Waals surface area contributed by atoms with Gasteiger partial charge in [0.25, 0.3) is 11.3 Å². The molecule has 4 aromatic carbocycles. The Kier molecular flexibility index (Phi) is 4.80. The van der Waals surface area contributed by atoms with Crippen LogP contribution in [0.4, 0.5) is 15.8 Å². The molecule has 2 heterocycles. The van der Waals surface area contributed by atoms with Gasteiger partial charge in [0.05, 0.1) is 11.4 Å². The lowest BCUT2D eigenvalue weighted by molar-refractivity contribution is -0.675. The minimum Gasteiger partial charge on any atom is -0.396 e. The van der Waals surface area contributed by atoms with Crippen molar-refractivity contribution in [1.82, 2.24) is 0 Å². The Morgan fingerprint density at radius 2 is 1.26 bits per heavy atom. The zero-order valence-corrected chi connectivity index (χ0v) is 19.7. The lowest BCUT2D eigenvalue weighted by atomic mass is 10.1. The first-order valence-corrected chi connectivity index (χ1v) is 12.0. The Morgan fingerprint density at radius 1 is 0.765 bits per heavy atom. The second kappa shape index (κ2) is 7.87. The first-order valence-electron chi connectivity index (χ1n) is 12.0. The molecule has 5 heteroatoms. The van der Waals surface area contributed by atoms with Crippen molar-refractivity contribution in [3.05, 3.63) is 84.5 Å². The summed E-state index contributed by atoms with van der Waals surface area (Å²) in [5.74, 6) is 0.462. The van der Waals surface area contributed by atoms with Gasteiger partial charge in [0.15, 0.2) is 5.82 Å². The number of fused-ring (bicyclic) bond motifs is 4. The Bertz CT molecular complexity index is 1550. The summed E-state index contributed by atoms with van der Waals surface area (Å²) < 4.78 is 24.7. The molecule has 4 nitrogen and oxygen atoms in total. The first kappa shape index (κ1) is 20.7. The molecule has 5 aromatic rings. The van der Waals surface area contributed by atoms with Crippen LogP contribution in [0.1, 0.15) is 26.7 Å². The molecular formula is C29H27FN3O+. The molecule has 0 atom stereocenters. The van der Waals surface area contributed by atoms with E-state index in [-0.39, 0.29) is 11.7 Å². The molecule has 34 heavy (non-hydrogen) atoms. The number of benzene rings is 4. The second-order valence-corrected chi connectivity index (χ2v) is 8.63. The van der Waals surface area contributed by atoms with Crippen molar-refractivity contribution in [2.45, 2.75) is 27.3 Å². The molecule has 0 bridgehead atoms. The third kappa shape index (κ3) is 2.93. The molecule has 0 N–H and O–H groups in total. The van der Waals surface area contributed by atoms with Crippen molar-refractivity contribution in [1.29, 1.82) is 0 Å². The average Bonchev–Trinajstić information content (AvgIpc) is 3.39. The van der Waals surface area contributed by atoms with E-state index in [9.17, 15) is 0 Å². The third-order valence-electron chi connectivity index (χ3n) is 6.84. The quantitative estimate of drug-likeness (QED) is 0.274. The fourth-order valence-electron chi connectivity index (χ4n) is 5.24. The van der Waals surface area contributed by atoms with E-state index in [0.717, 1.165) is 38.4 Å². The van der Waals surface area contributed by atoms with Crippen LogP contribution in [0.25, 0.3) is 38.5 Å². The normalized spacial score (nSPS) is 13.5. The number of aromatic nitrogens is 1. The van der Waals surface area contributed by atoms with Crippen LogP contribution in [0.3, 0.4) is 0 Å². The van der Waals surface area contributed by atoms with Crippen LogP contribution < -0.4 is 14.4 Å². The maximum absolute atomic E-state index is 16.5. The first-order chi connectivity index (χ1) is 16.6. The van der Waals surface area contributed by atoms with Crippen LogP contribution in [-0.2, 0) is 6.54 Å². The zero-order valence-electron chi connectivity index (χ0n) is 19.7. The average molecular weight is 453 g/mol. The summed E-state index contributed by atoms with van der Waals surface area (Å²) in [6.07, 6.45) is 0. The van der Waals surface area contributed by atoms with Crippen LogP contribution in [0.2, 0.25) is 0 Å². The molecule has 1 aliphatic heterocycles. The highest BCUT2D eigenvalue weighted by Gasteiger charge is 2.38. The number of rotatable bonds is 4. The molecule has 0 unspecified atom stereocenters. The monoisotopic (exact) mass is 452 g/mol. The lowest BCUT2D eigenvalue weighted by Gasteiger charge is -2.22. The fraction of sp³-hybridized carbons (Fsp3) is 0.207. The van der Waals surface area contributed by atoms with Gasteiger partial charge in [-0.25, -0.2) is 0 Å². The van der Waals surface area contributed by atoms with Crippen LogP contribution in [0.5, 0.6) is 0 Å². The van der Waals surface area contributed by atoms with Gasteiger partial charge in [-0.1, -0.05) is 48.5 Å². The van der Waals surface area contributed by atoms with Crippen molar-refractivity contribution in [3.8, 4) is 0 Å². The van der Waals surface area contributed by atoms with Gasteiger partial charge in [0.2, 0.25) is 5.58 Å². The van der Waals surface area contributed by atoms with Crippen LogP contribution in [-0.4, -0.2) is 13.1 Å². The summed E-state index contributed by atoms with van der Waals surface area (Å²) in [5, 5.41) is 4.49. The minimum atomic E-state index is -0.342. The summed E-state index contributed by atoms with van der Waals surface area (Å²) >= 11 is 0. The summed E-state index contributed by atoms with van der Waals surface area (Å²) in [5.41, 5.74) is 3.65. The number of hydrogen-bond acceptors (Lipinski definition) is 3. The summed E-state index contributed by atoms with van der Waals surface area (Å²) in [6.45, 7) is 8.06. The van der Waals surface area contributed by atoms with Crippen molar-refractivity contribution < 1.29 is 13.4 Å². The molecule has 1 aliphatic rings.